The molecular weight excluding hydrogens is 357 g/mol. The average molecular weight is 384 g/mol. The van der Waals surface area contributed by atoms with E-state index in [0.717, 1.165) is 13.0 Å². The van der Waals surface area contributed by atoms with Crippen molar-refractivity contribution in [2.75, 3.05) is 26.8 Å². The van der Waals surface area contributed by atoms with E-state index in [-0.39, 0.29) is 0 Å². The first-order valence-electron chi connectivity index (χ1n) is 9.25. The van der Waals surface area contributed by atoms with Gasteiger partial charge in [-0.15, -0.1) is 0 Å². The van der Waals surface area contributed by atoms with Crippen LogP contribution in [0, 0.1) is 0 Å². The highest BCUT2D eigenvalue weighted by Crippen LogP contribution is 2.38. The monoisotopic (exact) mass is 383 g/mol. The second kappa shape index (κ2) is 9.16. The minimum absolute atomic E-state index is 0.483. The molecule has 1 atom stereocenters. The molecule has 0 saturated carbocycles. The molecule has 3 nitrogen and oxygen atoms in total. The van der Waals surface area contributed by atoms with Crippen LogP contribution >= 0.6 is 23.2 Å². The number of hydrogen-bond donors (Lipinski definition) is 0. The first kappa shape index (κ1) is 18.9. The van der Waals surface area contributed by atoms with Crippen molar-refractivity contribution in [3.63, 3.8) is 0 Å². The van der Waals surface area contributed by atoms with Crippen LogP contribution in [0.4, 0.5) is 0 Å². The van der Waals surface area contributed by atoms with Crippen molar-refractivity contribution in [1.29, 1.82) is 0 Å². The summed E-state index contributed by atoms with van der Waals surface area (Å²) in [5, 5.41) is 1.05. The highest BCUT2D eigenvalue weighted by Gasteiger charge is 2.25. The molecule has 2 aliphatic rings. The van der Waals surface area contributed by atoms with Crippen LogP contribution in [0.1, 0.15) is 44.9 Å². The van der Waals surface area contributed by atoms with Gasteiger partial charge in [-0.3, -0.25) is 4.90 Å². The van der Waals surface area contributed by atoms with Crippen molar-refractivity contribution in [1.82, 2.24) is 4.90 Å². The van der Waals surface area contributed by atoms with Crippen LogP contribution in [-0.2, 0) is 0 Å². The fourth-order valence-corrected chi connectivity index (χ4v) is 4.44. The summed E-state index contributed by atoms with van der Waals surface area (Å²) in [6.45, 7) is 2.98. The van der Waals surface area contributed by atoms with E-state index in [1.165, 1.54) is 45.1 Å². The fraction of sp³-hybridized carbons (Fsp3) is 0.600. The summed E-state index contributed by atoms with van der Waals surface area (Å²) >= 11 is 12.3. The van der Waals surface area contributed by atoms with Crippen molar-refractivity contribution in [3.8, 4) is 11.5 Å². The van der Waals surface area contributed by atoms with Crippen LogP contribution in [0.2, 0.25) is 10.0 Å². The van der Waals surface area contributed by atoms with E-state index in [1.807, 2.05) is 0 Å². The van der Waals surface area contributed by atoms with Gasteiger partial charge >= 0.3 is 0 Å². The first-order valence-corrected chi connectivity index (χ1v) is 10.0. The second-order valence-electron chi connectivity index (χ2n) is 6.93. The van der Waals surface area contributed by atoms with Crippen LogP contribution in [-0.4, -0.2) is 37.7 Å². The Balaban J connectivity index is 1.53. The molecule has 0 aromatic heterocycles. The van der Waals surface area contributed by atoms with E-state index < -0.39 is 0 Å². The lowest BCUT2D eigenvalue weighted by atomic mass is 9.99. The number of likely N-dealkylation sites (tertiary alicyclic amines) is 1. The molecule has 3 rings (SSSR count). The Morgan fingerprint density at radius 2 is 2.08 bits per heavy atom. The van der Waals surface area contributed by atoms with Crippen LogP contribution in [0.5, 0.6) is 11.5 Å². The maximum Gasteiger partial charge on any atom is 0.179 e. The molecule has 138 valence electrons. The van der Waals surface area contributed by atoms with E-state index in [2.05, 4.69) is 11.0 Å². The molecule has 1 aliphatic heterocycles. The smallest absolute Gasteiger partial charge is 0.179 e. The summed E-state index contributed by atoms with van der Waals surface area (Å²) in [6, 6.07) is 4.04. The molecule has 0 radical (unpaired) electrons. The minimum atomic E-state index is 0.483. The molecule has 0 amide bonds. The highest BCUT2D eigenvalue weighted by atomic mass is 35.5. The molecule has 1 unspecified atom stereocenters. The summed E-state index contributed by atoms with van der Waals surface area (Å²) in [5.41, 5.74) is 1.63. The SMILES string of the molecule is COc1c(Cl)cc(Cl)cc1OCCC1CCCN1CC1=CCCCC1. The zero-order chi connectivity index (χ0) is 17.6. The van der Waals surface area contributed by atoms with Crippen LogP contribution < -0.4 is 9.47 Å². The van der Waals surface area contributed by atoms with Crippen LogP contribution in [0.15, 0.2) is 23.8 Å². The number of allylic oxidation sites excluding steroid dienone is 1. The van der Waals surface area contributed by atoms with Crippen molar-refractivity contribution in [3.05, 3.63) is 33.8 Å². The third-order valence-electron chi connectivity index (χ3n) is 5.18. The predicted molar refractivity (Wildman–Crippen MR) is 104 cm³/mol. The Labute approximate surface area is 160 Å². The third-order valence-corrected chi connectivity index (χ3v) is 5.68. The Morgan fingerprint density at radius 1 is 1.20 bits per heavy atom. The summed E-state index contributed by atoms with van der Waals surface area (Å²) in [6.07, 6.45) is 11.2. The molecule has 1 aromatic carbocycles. The number of methoxy groups -OCH3 is 1. The lowest BCUT2D eigenvalue weighted by Gasteiger charge is -2.27. The van der Waals surface area contributed by atoms with Gasteiger partial charge in [-0.1, -0.05) is 34.9 Å². The van der Waals surface area contributed by atoms with Gasteiger partial charge in [0.15, 0.2) is 11.5 Å². The normalized spacial score (nSPS) is 21.2. The third kappa shape index (κ3) is 5.06. The van der Waals surface area contributed by atoms with Crippen molar-refractivity contribution in [2.24, 2.45) is 0 Å². The topological polar surface area (TPSA) is 21.7 Å². The maximum atomic E-state index is 6.17. The van der Waals surface area contributed by atoms with Crippen molar-refractivity contribution in [2.45, 2.75) is 51.0 Å². The van der Waals surface area contributed by atoms with E-state index >= 15 is 0 Å². The van der Waals surface area contributed by atoms with Gasteiger partial charge in [0.05, 0.1) is 18.7 Å². The Kier molecular flexibility index (Phi) is 6.92. The van der Waals surface area contributed by atoms with Gasteiger partial charge in [0.1, 0.15) is 0 Å². The van der Waals surface area contributed by atoms with Gasteiger partial charge in [0, 0.05) is 23.7 Å². The Hall–Kier alpha value is -0.900. The number of ether oxygens (including phenoxy) is 2. The maximum absolute atomic E-state index is 6.17. The summed E-state index contributed by atoms with van der Waals surface area (Å²) < 4.78 is 11.3. The van der Waals surface area contributed by atoms with Crippen LogP contribution in [0.25, 0.3) is 0 Å². The first-order chi connectivity index (χ1) is 12.2. The van der Waals surface area contributed by atoms with Gasteiger partial charge < -0.3 is 9.47 Å². The fourth-order valence-electron chi connectivity index (χ4n) is 3.89. The molecular formula is C20H27Cl2NO2. The molecule has 5 heteroatoms. The van der Waals surface area contributed by atoms with E-state index in [4.69, 9.17) is 32.7 Å². The minimum Gasteiger partial charge on any atom is -0.491 e. The Bertz CT molecular complexity index is 618. The summed E-state index contributed by atoms with van der Waals surface area (Å²) in [5.74, 6) is 1.18. The second-order valence-corrected chi connectivity index (χ2v) is 7.77. The van der Waals surface area contributed by atoms with E-state index in [0.29, 0.717) is 34.2 Å². The lowest BCUT2D eigenvalue weighted by molar-refractivity contribution is 0.210. The average Bonchev–Trinajstić information content (AvgIpc) is 3.02. The number of rotatable bonds is 7. The molecule has 0 spiro atoms. The number of nitrogens with zero attached hydrogens (tertiary/aromatic N) is 1. The molecule has 0 N–H and O–H groups in total. The standard InChI is InChI=1S/C20H27Cl2NO2/c1-24-20-18(22)12-16(21)13-19(20)25-11-9-17-8-5-10-23(17)14-15-6-3-2-4-7-15/h6,12-13,17H,2-5,7-11,14H2,1H3. The van der Waals surface area contributed by atoms with Crippen molar-refractivity contribution >= 4 is 23.2 Å². The lowest BCUT2D eigenvalue weighted by Crippen LogP contribution is -2.32. The predicted octanol–water partition coefficient (Wildman–Crippen LogP) is 5.74. The zero-order valence-corrected chi connectivity index (χ0v) is 16.4. The zero-order valence-electron chi connectivity index (χ0n) is 14.9. The van der Waals surface area contributed by atoms with Gasteiger partial charge in [0.25, 0.3) is 0 Å². The molecule has 1 fully saturated rings. The largest absolute Gasteiger partial charge is 0.491 e. The number of hydrogen-bond acceptors (Lipinski definition) is 3. The summed E-state index contributed by atoms with van der Waals surface area (Å²) in [4.78, 5) is 2.63. The highest BCUT2D eigenvalue weighted by molar-refractivity contribution is 6.35. The molecule has 25 heavy (non-hydrogen) atoms. The van der Waals surface area contributed by atoms with Gasteiger partial charge in [0.2, 0.25) is 0 Å². The van der Waals surface area contributed by atoms with E-state index in [1.54, 1.807) is 24.8 Å². The molecule has 1 aliphatic carbocycles. The quantitative estimate of drug-likeness (QED) is 0.560. The Morgan fingerprint density at radius 3 is 2.84 bits per heavy atom. The molecule has 0 bridgehead atoms. The number of halogens is 2. The van der Waals surface area contributed by atoms with Gasteiger partial charge in [-0.25, -0.2) is 0 Å². The summed E-state index contributed by atoms with van der Waals surface area (Å²) in [7, 11) is 1.60. The number of benzene rings is 1. The van der Waals surface area contributed by atoms with Gasteiger partial charge in [-0.05, 0) is 57.6 Å². The molecule has 1 aromatic rings. The van der Waals surface area contributed by atoms with Crippen LogP contribution in [0.3, 0.4) is 0 Å². The molecule has 1 saturated heterocycles. The van der Waals surface area contributed by atoms with E-state index in [9.17, 15) is 0 Å². The molecule has 1 heterocycles. The van der Waals surface area contributed by atoms with Gasteiger partial charge in [-0.2, -0.15) is 0 Å². The van der Waals surface area contributed by atoms with Crippen molar-refractivity contribution < 1.29 is 9.47 Å².